The maximum atomic E-state index is 11.6. The second-order valence-corrected chi connectivity index (χ2v) is 6.17. The van der Waals surface area contributed by atoms with E-state index in [2.05, 4.69) is 31.0 Å². The molecular formula is C14H31Cl2N3O. The summed E-state index contributed by atoms with van der Waals surface area (Å²) in [5, 5.41) is 3.03. The molecule has 0 bridgehead atoms. The third-order valence-corrected chi connectivity index (χ3v) is 3.84. The topological polar surface area (TPSA) is 58.4 Å². The van der Waals surface area contributed by atoms with Gasteiger partial charge in [0.2, 0.25) is 5.91 Å². The number of nitrogens with one attached hydrogen (secondary N) is 1. The minimum atomic E-state index is 0. The highest BCUT2D eigenvalue weighted by Gasteiger charge is 2.30. The summed E-state index contributed by atoms with van der Waals surface area (Å²) in [6.07, 6.45) is 3.91. The molecule has 4 nitrogen and oxygen atoms in total. The first-order chi connectivity index (χ1) is 8.45. The summed E-state index contributed by atoms with van der Waals surface area (Å²) in [5.41, 5.74) is 5.45. The van der Waals surface area contributed by atoms with E-state index < -0.39 is 0 Å². The highest BCUT2D eigenvalue weighted by Crippen LogP contribution is 2.23. The maximum Gasteiger partial charge on any atom is 0.220 e. The number of carbonyl (C=O) groups excluding carboxylic acids is 1. The van der Waals surface area contributed by atoms with Gasteiger partial charge in [-0.05, 0) is 52.1 Å². The molecule has 1 atom stereocenters. The number of amides is 1. The van der Waals surface area contributed by atoms with Crippen LogP contribution in [0.15, 0.2) is 0 Å². The van der Waals surface area contributed by atoms with E-state index in [-0.39, 0.29) is 36.3 Å². The largest absolute Gasteiger partial charge is 0.354 e. The molecule has 1 aliphatic rings. The van der Waals surface area contributed by atoms with Crippen molar-refractivity contribution in [3.63, 3.8) is 0 Å². The Hall–Kier alpha value is -0.0300. The van der Waals surface area contributed by atoms with Gasteiger partial charge in [0.1, 0.15) is 0 Å². The van der Waals surface area contributed by atoms with Crippen LogP contribution in [0.25, 0.3) is 0 Å². The Kier molecular flexibility index (Phi) is 11.9. The lowest BCUT2D eigenvalue weighted by atomic mass is 9.93. The summed E-state index contributed by atoms with van der Waals surface area (Å²) >= 11 is 0. The predicted octanol–water partition coefficient (Wildman–Crippen LogP) is 2.20. The molecule has 1 aliphatic heterocycles. The van der Waals surface area contributed by atoms with Gasteiger partial charge in [-0.15, -0.1) is 24.8 Å². The summed E-state index contributed by atoms with van der Waals surface area (Å²) in [5.74, 6) is 0.893. The number of carbonyl (C=O) groups is 1. The Balaban J connectivity index is 0. The van der Waals surface area contributed by atoms with Crippen LogP contribution in [0.1, 0.15) is 46.5 Å². The Morgan fingerprint density at radius 2 is 2.05 bits per heavy atom. The van der Waals surface area contributed by atoms with Gasteiger partial charge in [-0.3, -0.25) is 9.69 Å². The molecule has 6 heteroatoms. The minimum absolute atomic E-state index is 0. The number of rotatable bonds is 6. The van der Waals surface area contributed by atoms with Crippen molar-refractivity contribution in [3.8, 4) is 0 Å². The molecule has 0 aliphatic carbocycles. The quantitative estimate of drug-likeness (QED) is 0.786. The fourth-order valence-corrected chi connectivity index (χ4v) is 2.52. The Morgan fingerprint density at radius 3 is 2.60 bits per heavy atom. The zero-order valence-corrected chi connectivity index (χ0v) is 14.6. The van der Waals surface area contributed by atoms with Gasteiger partial charge in [0.05, 0.1) is 0 Å². The van der Waals surface area contributed by atoms with E-state index in [9.17, 15) is 4.79 Å². The molecule has 20 heavy (non-hydrogen) atoms. The Labute approximate surface area is 136 Å². The van der Waals surface area contributed by atoms with Crippen molar-refractivity contribution < 1.29 is 4.79 Å². The molecule has 0 aromatic heterocycles. The SMILES string of the molecule is CC1CCCN(C(C)(C)CNC(=O)CCCN)C1.Cl.Cl. The zero-order chi connectivity index (χ0) is 13.6. The first kappa shape index (κ1) is 22.3. The number of likely N-dealkylation sites (tertiary alicyclic amines) is 1. The van der Waals surface area contributed by atoms with Gasteiger partial charge in [0.25, 0.3) is 0 Å². The molecule has 3 N–H and O–H groups in total. The monoisotopic (exact) mass is 327 g/mol. The third-order valence-electron chi connectivity index (χ3n) is 3.84. The van der Waals surface area contributed by atoms with Crippen LogP contribution in [0.5, 0.6) is 0 Å². The maximum absolute atomic E-state index is 11.6. The molecule has 1 saturated heterocycles. The van der Waals surface area contributed by atoms with Crippen LogP contribution in [0, 0.1) is 5.92 Å². The Bertz CT molecular complexity index is 275. The predicted molar refractivity (Wildman–Crippen MR) is 89.8 cm³/mol. The summed E-state index contributed by atoms with van der Waals surface area (Å²) in [6.45, 7) is 10.3. The summed E-state index contributed by atoms with van der Waals surface area (Å²) in [7, 11) is 0. The Morgan fingerprint density at radius 1 is 1.40 bits per heavy atom. The lowest BCUT2D eigenvalue weighted by molar-refractivity contribution is -0.121. The fraction of sp³-hybridized carbons (Fsp3) is 0.929. The number of hydrogen-bond acceptors (Lipinski definition) is 3. The molecule has 1 unspecified atom stereocenters. The van der Waals surface area contributed by atoms with Crippen LogP contribution in [-0.4, -0.2) is 42.5 Å². The average Bonchev–Trinajstić information content (AvgIpc) is 2.34. The first-order valence-electron chi connectivity index (χ1n) is 7.17. The van der Waals surface area contributed by atoms with Gasteiger partial charge in [-0.2, -0.15) is 0 Å². The molecule has 1 heterocycles. The smallest absolute Gasteiger partial charge is 0.220 e. The van der Waals surface area contributed by atoms with Crippen molar-refractivity contribution in [1.29, 1.82) is 0 Å². The van der Waals surface area contributed by atoms with Crippen LogP contribution < -0.4 is 11.1 Å². The van der Waals surface area contributed by atoms with Crippen molar-refractivity contribution in [2.45, 2.75) is 52.0 Å². The van der Waals surface area contributed by atoms with Crippen molar-refractivity contribution in [2.75, 3.05) is 26.2 Å². The molecule has 0 aromatic carbocycles. The van der Waals surface area contributed by atoms with Crippen LogP contribution >= 0.6 is 24.8 Å². The first-order valence-corrected chi connectivity index (χ1v) is 7.17. The number of hydrogen-bond donors (Lipinski definition) is 2. The lowest BCUT2D eigenvalue weighted by Gasteiger charge is -2.43. The lowest BCUT2D eigenvalue weighted by Crippen LogP contribution is -2.54. The number of halogens is 2. The number of nitrogens with two attached hydrogens (primary N) is 1. The van der Waals surface area contributed by atoms with Crippen molar-refractivity contribution >= 4 is 30.7 Å². The van der Waals surface area contributed by atoms with E-state index in [4.69, 9.17) is 5.73 Å². The molecule has 0 saturated carbocycles. The minimum Gasteiger partial charge on any atom is -0.354 e. The van der Waals surface area contributed by atoms with Crippen LogP contribution in [0.2, 0.25) is 0 Å². The van der Waals surface area contributed by atoms with E-state index in [1.165, 1.54) is 12.8 Å². The van der Waals surface area contributed by atoms with Crippen molar-refractivity contribution in [3.05, 3.63) is 0 Å². The second kappa shape index (κ2) is 10.7. The fourth-order valence-electron chi connectivity index (χ4n) is 2.52. The zero-order valence-electron chi connectivity index (χ0n) is 13.0. The van der Waals surface area contributed by atoms with Crippen LogP contribution in [0.4, 0.5) is 0 Å². The molecule has 122 valence electrons. The van der Waals surface area contributed by atoms with Gasteiger partial charge in [0.15, 0.2) is 0 Å². The summed E-state index contributed by atoms with van der Waals surface area (Å²) in [4.78, 5) is 14.1. The second-order valence-electron chi connectivity index (χ2n) is 6.17. The van der Waals surface area contributed by atoms with Crippen LogP contribution in [-0.2, 0) is 4.79 Å². The molecule has 0 aromatic rings. The standard InChI is InChI=1S/C14H29N3O.2ClH/c1-12-6-5-9-17(10-12)14(2,3)11-16-13(18)7-4-8-15;;/h12H,4-11,15H2,1-3H3,(H,16,18);2*1H. The van der Waals surface area contributed by atoms with Gasteiger partial charge < -0.3 is 11.1 Å². The molecule has 0 radical (unpaired) electrons. The van der Waals surface area contributed by atoms with Gasteiger partial charge in [0, 0.05) is 25.0 Å². The highest BCUT2D eigenvalue weighted by atomic mass is 35.5. The summed E-state index contributed by atoms with van der Waals surface area (Å²) in [6, 6.07) is 0. The van der Waals surface area contributed by atoms with Crippen molar-refractivity contribution in [2.24, 2.45) is 11.7 Å². The van der Waals surface area contributed by atoms with Gasteiger partial charge in [-0.1, -0.05) is 6.92 Å². The van der Waals surface area contributed by atoms with Gasteiger partial charge in [-0.25, -0.2) is 0 Å². The van der Waals surface area contributed by atoms with Crippen LogP contribution in [0.3, 0.4) is 0 Å². The number of piperidine rings is 1. The third kappa shape index (κ3) is 7.67. The highest BCUT2D eigenvalue weighted by molar-refractivity contribution is 5.85. The molecule has 1 rings (SSSR count). The van der Waals surface area contributed by atoms with Crippen molar-refractivity contribution in [1.82, 2.24) is 10.2 Å². The molecular weight excluding hydrogens is 297 g/mol. The van der Waals surface area contributed by atoms with E-state index in [0.29, 0.717) is 13.0 Å². The van der Waals surface area contributed by atoms with E-state index in [0.717, 1.165) is 32.0 Å². The number of nitrogens with zero attached hydrogens (tertiary/aromatic N) is 1. The molecule has 1 amide bonds. The van der Waals surface area contributed by atoms with E-state index >= 15 is 0 Å². The van der Waals surface area contributed by atoms with E-state index in [1.54, 1.807) is 0 Å². The normalized spacial score (nSPS) is 19.7. The van der Waals surface area contributed by atoms with Gasteiger partial charge >= 0.3 is 0 Å². The molecule has 1 fully saturated rings. The average molecular weight is 328 g/mol. The summed E-state index contributed by atoms with van der Waals surface area (Å²) < 4.78 is 0. The molecule has 0 spiro atoms. The van der Waals surface area contributed by atoms with E-state index in [1.807, 2.05) is 0 Å².